The Labute approximate surface area is 92.5 Å². The van der Waals surface area contributed by atoms with Crippen LogP contribution in [0, 0.1) is 5.92 Å². The fourth-order valence-corrected chi connectivity index (χ4v) is 1.63. The van der Waals surface area contributed by atoms with Crippen LogP contribution < -0.4 is 0 Å². The van der Waals surface area contributed by atoms with Crippen molar-refractivity contribution in [3.05, 3.63) is 0 Å². The number of carbonyl (C=O) groups is 1. The second-order valence-electron chi connectivity index (χ2n) is 5.10. The van der Waals surface area contributed by atoms with Gasteiger partial charge in [-0.2, -0.15) is 0 Å². The molecule has 1 unspecified atom stereocenters. The van der Waals surface area contributed by atoms with E-state index in [4.69, 9.17) is 5.11 Å². The minimum Gasteiger partial charge on any atom is -0.481 e. The Morgan fingerprint density at radius 3 is 2.27 bits per heavy atom. The Balaban J connectivity index is 3.41. The number of carboxylic acid groups (broad SMARTS) is 1. The van der Waals surface area contributed by atoms with E-state index in [-0.39, 0.29) is 6.42 Å². The maximum atomic E-state index is 10.3. The van der Waals surface area contributed by atoms with Crippen LogP contribution in [0.15, 0.2) is 0 Å². The Morgan fingerprint density at radius 1 is 1.27 bits per heavy atom. The van der Waals surface area contributed by atoms with Gasteiger partial charge in [0, 0.05) is 6.42 Å². The van der Waals surface area contributed by atoms with Gasteiger partial charge in [-0.15, -0.1) is 0 Å². The fraction of sp³-hybridized carbons (Fsp3) is 0.917. The highest BCUT2D eigenvalue weighted by Crippen LogP contribution is 2.19. The molecule has 0 fully saturated rings. The number of aliphatic carboxylic acids is 1. The predicted molar refractivity (Wildman–Crippen MR) is 60.8 cm³/mol. The SMILES string of the molecule is CC(CCCC(=O)O)CCCC(C)(C)O. The molecule has 3 nitrogen and oxygen atoms in total. The maximum Gasteiger partial charge on any atom is 0.303 e. The van der Waals surface area contributed by atoms with Crippen molar-refractivity contribution in [2.45, 2.75) is 64.9 Å². The molecular weight excluding hydrogens is 192 g/mol. The summed E-state index contributed by atoms with van der Waals surface area (Å²) in [4.78, 5) is 10.3. The van der Waals surface area contributed by atoms with Gasteiger partial charge in [-0.3, -0.25) is 4.79 Å². The van der Waals surface area contributed by atoms with E-state index < -0.39 is 11.6 Å². The zero-order valence-electron chi connectivity index (χ0n) is 10.1. The average molecular weight is 216 g/mol. The van der Waals surface area contributed by atoms with Gasteiger partial charge < -0.3 is 10.2 Å². The molecule has 3 heteroatoms. The Bertz CT molecular complexity index is 182. The first-order valence-electron chi connectivity index (χ1n) is 5.75. The van der Waals surface area contributed by atoms with Crippen molar-refractivity contribution >= 4 is 5.97 Å². The van der Waals surface area contributed by atoms with Crippen molar-refractivity contribution in [2.24, 2.45) is 5.92 Å². The molecule has 0 saturated carbocycles. The normalized spacial score (nSPS) is 13.9. The summed E-state index contributed by atoms with van der Waals surface area (Å²) in [6.07, 6.45) is 4.91. The summed E-state index contributed by atoms with van der Waals surface area (Å²) in [7, 11) is 0. The summed E-state index contributed by atoms with van der Waals surface area (Å²) in [5, 5.41) is 18.0. The smallest absolute Gasteiger partial charge is 0.303 e. The van der Waals surface area contributed by atoms with E-state index >= 15 is 0 Å². The summed E-state index contributed by atoms with van der Waals surface area (Å²) < 4.78 is 0. The van der Waals surface area contributed by atoms with E-state index in [9.17, 15) is 9.90 Å². The van der Waals surface area contributed by atoms with Crippen LogP contribution in [-0.2, 0) is 4.79 Å². The molecule has 2 N–H and O–H groups in total. The van der Waals surface area contributed by atoms with Crippen molar-refractivity contribution in [3.8, 4) is 0 Å². The maximum absolute atomic E-state index is 10.3. The van der Waals surface area contributed by atoms with Crippen LogP contribution in [0.25, 0.3) is 0 Å². The Kier molecular flexibility index (Phi) is 6.57. The van der Waals surface area contributed by atoms with Crippen molar-refractivity contribution in [2.75, 3.05) is 0 Å². The fourth-order valence-electron chi connectivity index (χ4n) is 1.63. The molecule has 1 atom stereocenters. The van der Waals surface area contributed by atoms with Crippen LogP contribution in [0.5, 0.6) is 0 Å². The number of hydrogen-bond acceptors (Lipinski definition) is 2. The van der Waals surface area contributed by atoms with Gasteiger partial charge in [-0.1, -0.05) is 26.2 Å². The number of carboxylic acids is 1. The van der Waals surface area contributed by atoms with E-state index in [2.05, 4.69) is 6.92 Å². The molecule has 0 aliphatic carbocycles. The van der Waals surface area contributed by atoms with E-state index in [1.54, 1.807) is 0 Å². The van der Waals surface area contributed by atoms with E-state index in [1.807, 2.05) is 13.8 Å². The molecule has 0 amide bonds. The molecule has 0 aliphatic heterocycles. The Hall–Kier alpha value is -0.570. The predicted octanol–water partition coefficient (Wildman–Crippen LogP) is 2.82. The minimum absolute atomic E-state index is 0.274. The van der Waals surface area contributed by atoms with Crippen LogP contribution in [-0.4, -0.2) is 21.8 Å². The monoisotopic (exact) mass is 216 g/mol. The van der Waals surface area contributed by atoms with Crippen molar-refractivity contribution in [1.82, 2.24) is 0 Å². The molecule has 0 rings (SSSR count). The minimum atomic E-state index is -0.710. The summed E-state index contributed by atoms with van der Waals surface area (Å²) in [6.45, 7) is 5.79. The second-order valence-corrected chi connectivity index (χ2v) is 5.10. The lowest BCUT2D eigenvalue weighted by molar-refractivity contribution is -0.137. The van der Waals surface area contributed by atoms with Gasteiger partial charge in [0.15, 0.2) is 0 Å². The third-order valence-corrected chi connectivity index (χ3v) is 2.57. The first kappa shape index (κ1) is 14.4. The summed E-state index contributed by atoms with van der Waals surface area (Å²) in [5.41, 5.74) is -0.569. The van der Waals surface area contributed by atoms with Gasteiger partial charge >= 0.3 is 5.97 Å². The molecule has 0 aliphatic rings. The molecule has 0 aromatic rings. The lowest BCUT2D eigenvalue weighted by Gasteiger charge is -2.18. The van der Waals surface area contributed by atoms with E-state index in [1.165, 1.54) is 0 Å². The van der Waals surface area contributed by atoms with Crippen LogP contribution in [0.2, 0.25) is 0 Å². The molecule has 0 heterocycles. The summed E-state index contributed by atoms with van der Waals surface area (Å²) >= 11 is 0. The van der Waals surface area contributed by atoms with Crippen LogP contribution in [0.1, 0.15) is 59.3 Å². The molecule has 90 valence electrons. The van der Waals surface area contributed by atoms with Gasteiger partial charge in [0.2, 0.25) is 0 Å². The van der Waals surface area contributed by atoms with Gasteiger partial charge in [0.1, 0.15) is 0 Å². The lowest BCUT2D eigenvalue weighted by Crippen LogP contribution is -2.18. The van der Waals surface area contributed by atoms with Crippen molar-refractivity contribution in [3.63, 3.8) is 0 Å². The molecule has 0 aromatic carbocycles. The van der Waals surface area contributed by atoms with Gasteiger partial charge in [-0.05, 0) is 32.6 Å². The molecule has 0 bridgehead atoms. The molecule has 0 spiro atoms. The van der Waals surface area contributed by atoms with Gasteiger partial charge in [-0.25, -0.2) is 0 Å². The third-order valence-electron chi connectivity index (χ3n) is 2.57. The Morgan fingerprint density at radius 2 is 1.80 bits per heavy atom. The largest absolute Gasteiger partial charge is 0.481 e. The number of rotatable bonds is 8. The first-order valence-corrected chi connectivity index (χ1v) is 5.75. The van der Waals surface area contributed by atoms with E-state index in [0.29, 0.717) is 5.92 Å². The molecule has 0 saturated heterocycles. The summed E-state index contributed by atoms with van der Waals surface area (Å²) in [6, 6.07) is 0. The first-order chi connectivity index (χ1) is 6.81. The van der Waals surface area contributed by atoms with Gasteiger partial charge in [0.25, 0.3) is 0 Å². The second kappa shape index (κ2) is 6.83. The quantitative estimate of drug-likeness (QED) is 0.656. The number of aliphatic hydroxyl groups is 1. The molecule has 0 aromatic heterocycles. The lowest BCUT2D eigenvalue weighted by atomic mass is 9.94. The van der Waals surface area contributed by atoms with Crippen molar-refractivity contribution < 1.29 is 15.0 Å². The highest BCUT2D eigenvalue weighted by Gasteiger charge is 2.12. The highest BCUT2D eigenvalue weighted by atomic mass is 16.4. The molecular formula is C12H24O3. The zero-order valence-corrected chi connectivity index (χ0v) is 10.1. The van der Waals surface area contributed by atoms with Gasteiger partial charge in [0.05, 0.1) is 5.60 Å². The van der Waals surface area contributed by atoms with Crippen LogP contribution >= 0.6 is 0 Å². The standard InChI is InChI=1S/C12H24O3/c1-10(6-4-8-11(13)14)7-5-9-12(2,3)15/h10,15H,4-9H2,1-3H3,(H,13,14). The van der Waals surface area contributed by atoms with Crippen LogP contribution in [0.4, 0.5) is 0 Å². The van der Waals surface area contributed by atoms with Crippen LogP contribution in [0.3, 0.4) is 0 Å². The third kappa shape index (κ3) is 11.4. The average Bonchev–Trinajstić information content (AvgIpc) is 2.00. The van der Waals surface area contributed by atoms with E-state index in [0.717, 1.165) is 32.1 Å². The summed E-state index contributed by atoms with van der Waals surface area (Å²) in [5.74, 6) is -0.148. The zero-order chi connectivity index (χ0) is 11.9. The van der Waals surface area contributed by atoms with Crippen molar-refractivity contribution in [1.29, 1.82) is 0 Å². The molecule has 15 heavy (non-hydrogen) atoms. The highest BCUT2D eigenvalue weighted by molar-refractivity contribution is 5.66. The topological polar surface area (TPSA) is 57.5 Å². The molecule has 0 radical (unpaired) electrons. The number of hydrogen-bond donors (Lipinski definition) is 2.